The fourth-order valence-electron chi connectivity index (χ4n) is 1.72. The van der Waals surface area contributed by atoms with Crippen molar-refractivity contribution in [3.8, 4) is 0 Å². The lowest BCUT2D eigenvalue weighted by Gasteiger charge is -2.28. The standard InChI is InChI=1S/C13H12O3/c1-13(9-11(14)7-8-16-13)12(15)10-5-3-2-4-6-10/h2-8H,9H2,1H3/t13-/m0/s1. The normalized spacial score (nSPS) is 23.9. The molecule has 0 aliphatic carbocycles. The zero-order valence-electron chi connectivity index (χ0n) is 8.97. The molecule has 3 nitrogen and oxygen atoms in total. The Morgan fingerprint density at radius 1 is 1.31 bits per heavy atom. The number of hydrogen-bond acceptors (Lipinski definition) is 3. The van der Waals surface area contributed by atoms with Crippen LogP contribution in [0.2, 0.25) is 0 Å². The van der Waals surface area contributed by atoms with Crippen LogP contribution < -0.4 is 0 Å². The molecular formula is C13H12O3. The van der Waals surface area contributed by atoms with Gasteiger partial charge in [0.25, 0.3) is 0 Å². The summed E-state index contributed by atoms with van der Waals surface area (Å²) in [4.78, 5) is 23.5. The molecule has 2 rings (SSSR count). The van der Waals surface area contributed by atoms with Gasteiger partial charge in [-0.25, -0.2) is 0 Å². The smallest absolute Gasteiger partial charge is 0.206 e. The number of rotatable bonds is 2. The van der Waals surface area contributed by atoms with Gasteiger partial charge in [0, 0.05) is 11.6 Å². The van der Waals surface area contributed by atoms with Crippen LogP contribution in [0.15, 0.2) is 42.7 Å². The minimum atomic E-state index is -1.06. The fourth-order valence-corrected chi connectivity index (χ4v) is 1.72. The first-order chi connectivity index (χ1) is 7.62. The van der Waals surface area contributed by atoms with Gasteiger partial charge in [-0.2, -0.15) is 0 Å². The maximum absolute atomic E-state index is 12.2. The van der Waals surface area contributed by atoms with Gasteiger partial charge in [0.15, 0.2) is 11.4 Å². The van der Waals surface area contributed by atoms with Gasteiger partial charge in [0.2, 0.25) is 5.78 Å². The molecule has 1 atom stereocenters. The maximum atomic E-state index is 12.2. The van der Waals surface area contributed by atoms with E-state index in [4.69, 9.17) is 4.74 Å². The van der Waals surface area contributed by atoms with Crippen molar-refractivity contribution in [3.63, 3.8) is 0 Å². The van der Waals surface area contributed by atoms with Crippen molar-refractivity contribution in [1.29, 1.82) is 0 Å². The van der Waals surface area contributed by atoms with Gasteiger partial charge < -0.3 is 4.74 Å². The van der Waals surface area contributed by atoms with Crippen molar-refractivity contribution >= 4 is 11.6 Å². The highest BCUT2D eigenvalue weighted by atomic mass is 16.5. The van der Waals surface area contributed by atoms with Crippen LogP contribution in [0.1, 0.15) is 23.7 Å². The second-order valence-corrected chi connectivity index (χ2v) is 3.99. The number of ketones is 2. The zero-order valence-corrected chi connectivity index (χ0v) is 8.97. The molecule has 82 valence electrons. The molecule has 0 aromatic heterocycles. The molecule has 1 aliphatic heterocycles. The van der Waals surface area contributed by atoms with Gasteiger partial charge >= 0.3 is 0 Å². The molecule has 0 radical (unpaired) electrons. The lowest BCUT2D eigenvalue weighted by Crippen LogP contribution is -2.41. The first-order valence-electron chi connectivity index (χ1n) is 5.09. The Morgan fingerprint density at radius 2 is 2.00 bits per heavy atom. The Hall–Kier alpha value is -1.90. The molecule has 3 heteroatoms. The van der Waals surface area contributed by atoms with Crippen molar-refractivity contribution in [1.82, 2.24) is 0 Å². The number of benzene rings is 1. The van der Waals surface area contributed by atoms with E-state index >= 15 is 0 Å². The van der Waals surface area contributed by atoms with Crippen molar-refractivity contribution in [2.45, 2.75) is 18.9 Å². The summed E-state index contributed by atoms with van der Waals surface area (Å²) in [5.41, 5.74) is -0.499. The largest absolute Gasteiger partial charge is 0.486 e. The number of hydrogen-bond donors (Lipinski definition) is 0. The summed E-state index contributed by atoms with van der Waals surface area (Å²) in [6.45, 7) is 1.64. The van der Waals surface area contributed by atoms with E-state index in [1.54, 1.807) is 31.2 Å². The summed E-state index contributed by atoms with van der Waals surface area (Å²) in [7, 11) is 0. The highest BCUT2D eigenvalue weighted by Crippen LogP contribution is 2.25. The Morgan fingerprint density at radius 3 is 2.62 bits per heavy atom. The lowest BCUT2D eigenvalue weighted by atomic mass is 9.88. The Kier molecular flexibility index (Phi) is 2.60. The number of ether oxygens (including phenoxy) is 1. The molecule has 0 fully saturated rings. The summed E-state index contributed by atoms with van der Waals surface area (Å²) < 4.78 is 5.30. The van der Waals surface area contributed by atoms with Gasteiger partial charge in [-0.05, 0) is 6.92 Å². The molecule has 1 heterocycles. The third-order valence-electron chi connectivity index (χ3n) is 2.61. The van der Waals surface area contributed by atoms with E-state index in [0.29, 0.717) is 5.56 Å². The molecule has 0 bridgehead atoms. The third-order valence-corrected chi connectivity index (χ3v) is 2.61. The van der Waals surface area contributed by atoms with Gasteiger partial charge in [-0.3, -0.25) is 9.59 Å². The maximum Gasteiger partial charge on any atom is 0.206 e. The van der Waals surface area contributed by atoms with E-state index < -0.39 is 5.60 Å². The van der Waals surface area contributed by atoms with Crippen LogP contribution in [0.4, 0.5) is 0 Å². The van der Waals surface area contributed by atoms with Gasteiger partial charge in [-0.1, -0.05) is 30.3 Å². The first kappa shape index (κ1) is 10.6. The predicted octanol–water partition coefficient (Wildman–Crippen LogP) is 2.13. The average molecular weight is 216 g/mol. The van der Waals surface area contributed by atoms with Gasteiger partial charge in [0.1, 0.15) is 0 Å². The van der Waals surface area contributed by atoms with Crippen LogP contribution in [0.5, 0.6) is 0 Å². The van der Waals surface area contributed by atoms with Crippen molar-refractivity contribution < 1.29 is 14.3 Å². The van der Waals surface area contributed by atoms with Crippen molar-refractivity contribution in [2.24, 2.45) is 0 Å². The second kappa shape index (κ2) is 3.93. The minimum absolute atomic E-state index is 0.0852. The summed E-state index contributed by atoms with van der Waals surface area (Å²) in [5, 5.41) is 0. The molecule has 1 aromatic rings. The number of Topliss-reactive ketones (excluding diaryl/α,β-unsaturated/α-hetero) is 1. The van der Waals surface area contributed by atoms with E-state index in [2.05, 4.69) is 0 Å². The van der Waals surface area contributed by atoms with Gasteiger partial charge in [0.05, 0.1) is 12.7 Å². The molecule has 0 unspecified atom stereocenters. The summed E-state index contributed by atoms with van der Waals surface area (Å²) in [6, 6.07) is 8.86. The second-order valence-electron chi connectivity index (χ2n) is 3.99. The highest BCUT2D eigenvalue weighted by molar-refractivity contribution is 6.06. The molecule has 0 saturated carbocycles. The molecule has 0 spiro atoms. The van der Waals surface area contributed by atoms with Crippen LogP contribution in [0.25, 0.3) is 0 Å². The molecular weight excluding hydrogens is 204 g/mol. The Bertz CT molecular complexity index is 448. The van der Waals surface area contributed by atoms with E-state index in [1.807, 2.05) is 6.07 Å². The van der Waals surface area contributed by atoms with Crippen molar-refractivity contribution in [2.75, 3.05) is 0 Å². The predicted molar refractivity (Wildman–Crippen MR) is 59.0 cm³/mol. The third kappa shape index (κ3) is 1.89. The molecule has 1 aliphatic rings. The minimum Gasteiger partial charge on any atom is -0.486 e. The van der Waals surface area contributed by atoms with E-state index in [0.717, 1.165) is 0 Å². The SMILES string of the molecule is C[C@@]1(C(=O)c2ccccc2)CC(=O)C=CO1. The summed E-state index contributed by atoms with van der Waals surface area (Å²) >= 11 is 0. The van der Waals surface area contributed by atoms with Crippen LogP contribution in [0, 0.1) is 0 Å². The van der Waals surface area contributed by atoms with Crippen LogP contribution in [-0.2, 0) is 9.53 Å². The molecule has 0 saturated heterocycles. The summed E-state index contributed by atoms with van der Waals surface area (Å²) in [5.74, 6) is -0.246. The van der Waals surface area contributed by atoms with E-state index in [9.17, 15) is 9.59 Å². The number of carbonyl (C=O) groups is 2. The Labute approximate surface area is 93.7 Å². The quantitative estimate of drug-likeness (QED) is 0.711. The average Bonchev–Trinajstić information content (AvgIpc) is 2.29. The van der Waals surface area contributed by atoms with Crippen LogP contribution in [-0.4, -0.2) is 17.2 Å². The molecule has 1 aromatic carbocycles. The summed E-state index contributed by atoms with van der Waals surface area (Å²) in [6.07, 6.45) is 2.74. The van der Waals surface area contributed by atoms with E-state index in [-0.39, 0.29) is 18.0 Å². The fraction of sp³-hybridized carbons (Fsp3) is 0.231. The van der Waals surface area contributed by atoms with E-state index in [1.165, 1.54) is 12.3 Å². The molecule has 16 heavy (non-hydrogen) atoms. The zero-order chi connectivity index (χ0) is 11.6. The highest BCUT2D eigenvalue weighted by Gasteiger charge is 2.38. The van der Waals surface area contributed by atoms with Gasteiger partial charge in [-0.15, -0.1) is 0 Å². The van der Waals surface area contributed by atoms with Crippen LogP contribution in [0.3, 0.4) is 0 Å². The molecule has 0 N–H and O–H groups in total. The molecule has 0 amide bonds. The van der Waals surface area contributed by atoms with Crippen LogP contribution >= 0.6 is 0 Å². The lowest BCUT2D eigenvalue weighted by molar-refractivity contribution is -0.119. The topological polar surface area (TPSA) is 43.4 Å². The number of carbonyl (C=O) groups excluding carboxylic acids is 2. The number of allylic oxidation sites excluding steroid dienone is 1. The Balaban J connectivity index is 2.28. The monoisotopic (exact) mass is 216 g/mol. The van der Waals surface area contributed by atoms with Crippen molar-refractivity contribution in [3.05, 3.63) is 48.2 Å². The first-order valence-corrected chi connectivity index (χ1v) is 5.09.